The minimum Gasteiger partial charge on any atom is -0.289 e. The summed E-state index contributed by atoms with van der Waals surface area (Å²) in [5.74, 6) is 0.0660. The van der Waals surface area contributed by atoms with Gasteiger partial charge in [0.15, 0.2) is 5.78 Å². The van der Waals surface area contributed by atoms with Crippen LogP contribution in [0.25, 0.3) is 6.08 Å². The summed E-state index contributed by atoms with van der Waals surface area (Å²) in [5, 5.41) is 0. The van der Waals surface area contributed by atoms with Crippen LogP contribution in [0.4, 0.5) is 0 Å². The predicted octanol–water partition coefficient (Wildman–Crippen LogP) is 3.09. The van der Waals surface area contributed by atoms with E-state index in [1.165, 1.54) is 17.2 Å². The molecule has 90 valence electrons. The molecule has 2 aliphatic rings. The molecule has 2 heteroatoms. The lowest BCUT2D eigenvalue weighted by Gasteiger charge is -2.12. The molecule has 1 heterocycles. The maximum atomic E-state index is 11.9. The highest BCUT2D eigenvalue weighted by atomic mass is 16.1. The van der Waals surface area contributed by atoms with E-state index in [4.69, 9.17) is 0 Å². The minimum atomic E-state index is 0.0660. The van der Waals surface area contributed by atoms with Crippen molar-refractivity contribution in [2.75, 3.05) is 0 Å². The van der Waals surface area contributed by atoms with Gasteiger partial charge in [0.2, 0.25) is 0 Å². The Kier molecular flexibility index (Phi) is 2.51. The third-order valence-electron chi connectivity index (χ3n) is 3.59. The summed E-state index contributed by atoms with van der Waals surface area (Å²) in [6.45, 7) is 4.30. The van der Waals surface area contributed by atoms with Crippen molar-refractivity contribution in [2.24, 2.45) is 4.99 Å². The maximum absolute atomic E-state index is 11.9. The van der Waals surface area contributed by atoms with E-state index in [-0.39, 0.29) is 5.78 Å². The summed E-state index contributed by atoms with van der Waals surface area (Å²) in [4.78, 5) is 16.3. The first-order valence-corrected chi connectivity index (χ1v) is 6.41. The van der Waals surface area contributed by atoms with E-state index in [0.29, 0.717) is 0 Å². The van der Waals surface area contributed by atoms with Gasteiger partial charge in [-0.05, 0) is 35.6 Å². The second-order valence-electron chi connectivity index (χ2n) is 4.64. The lowest BCUT2D eigenvalue weighted by molar-refractivity contribution is -0.110. The Balaban J connectivity index is 2.25. The summed E-state index contributed by atoms with van der Waals surface area (Å²) in [6, 6.07) is 4.41. The first-order valence-electron chi connectivity index (χ1n) is 6.41. The molecular formula is C16H15NO. The number of ketones is 1. The number of nitrogens with zero attached hydrogens (tertiary/aromatic N) is 1. The maximum Gasteiger partial charge on any atom is 0.189 e. The van der Waals surface area contributed by atoms with Gasteiger partial charge in [-0.15, -0.1) is 0 Å². The smallest absolute Gasteiger partial charge is 0.189 e. The molecule has 0 bridgehead atoms. The number of aryl methyl sites for hydroxylation is 2. The van der Waals surface area contributed by atoms with Gasteiger partial charge in [0.1, 0.15) is 0 Å². The molecule has 1 aliphatic heterocycles. The molecule has 0 aromatic heterocycles. The van der Waals surface area contributed by atoms with Gasteiger partial charge in [-0.1, -0.05) is 26.0 Å². The largest absolute Gasteiger partial charge is 0.289 e. The molecule has 18 heavy (non-hydrogen) atoms. The zero-order chi connectivity index (χ0) is 12.7. The highest BCUT2D eigenvalue weighted by Gasteiger charge is 2.28. The topological polar surface area (TPSA) is 29.4 Å². The molecule has 3 rings (SSSR count). The Hall–Kier alpha value is -1.96. The molecule has 0 saturated heterocycles. The number of benzene rings is 1. The first kappa shape index (κ1) is 11.1. The van der Waals surface area contributed by atoms with Crippen LogP contribution in [0, 0.1) is 0 Å². The van der Waals surface area contributed by atoms with E-state index in [1.54, 1.807) is 6.20 Å². The van der Waals surface area contributed by atoms with Crippen molar-refractivity contribution in [1.82, 2.24) is 0 Å². The van der Waals surface area contributed by atoms with Gasteiger partial charge in [-0.2, -0.15) is 0 Å². The quantitative estimate of drug-likeness (QED) is 0.777. The Bertz CT molecular complexity index is 633. The van der Waals surface area contributed by atoms with Crippen LogP contribution in [0.5, 0.6) is 0 Å². The van der Waals surface area contributed by atoms with Crippen molar-refractivity contribution < 1.29 is 4.79 Å². The fourth-order valence-corrected chi connectivity index (χ4v) is 2.63. The normalized spacial score (nSPS) is 16.2. The van der Waals surface area contributed by atoms with Gasteiger partial charge in [0.05, 0.1) is 5.71 Å². The Morgan fingerprint density at radius 1 is 1.17 bits per heavy atom. The number of hydrogen-bond acceptors (Lipinski definition) is 2. The van der Waals surface area contributed by atoms with Crippen LogP contribution in [0.3, 0.4) is 0 Å². The molecule has 0 spiro atoms. The SMILES string of the molecule is CCc1cc2c(c(CC)c1)C1=NC=CC(=O)C1=C2. The number of aliphatic imine (C=N–C) groups is 1. The highest BCUT2D eigenvalue weighted by molar-refractivity contribution is 6.38. The predicted molar refractivity (Wildman–Crippen MR) is 73.9 cm³/mol. The summed E-state index contributed by atoms with van der Waals surface area (Å²) >= 11 is 0. The third kappa shape index (κ3) is 1.49. The molecule has 0 atom stereocenters. The molecule has 0 unspecified atom stereocenters. The van der Waals surface area contributed by atoms with Crippen molar-refractivity contribution in [2.45, 2.75) is 26.7 Å². The molecule has 0 fully saturated rings. The molecular weight excluding hydrogens is 222 g/mol. The van der Waals surface area contributed by atoms with Crippen molar-refractivity contribution in [3.8, 4) is 0 Å². The summed E-state index contributed by atoms with van der Waals surface area (Å²) < 4.78 is 0. The number of allylic oxidation sites excluding steroid dienone is 2. The third-order valence-corrected chi connectivity index (χ3v) is 3.59. The molecule has 0 radical (unpaired) electrons. The van der Waals surface area contributed by atoms with Gasteiger partial charge in [-0.25, -0.2) is 0 Å². The Morgan fingerprint density at radius 3 is 2.72 bits per heavy atom. The lowest BCUT2D eigenvalue weighted by atomic mass is 9.94. The van der Waals surface area contributed by atoms with Crippen LogP contribution in [0.15, 0.2) is 35.0 Å². The van der Waals surface area contributed by atoms with Crippen molar-refractivity contribution in [3.05, 3.63) is 52.2 Å². The summed E-state index contributed by atoms with van der Waals surface area (Å²) in [6.07, 6.45) is 7.11. The van der Waals surface area contributed by atoms with Crippen LogP contribution in [0.2, 0.25) is 0 Å². The number of carbonyl (C=O) groups excluding carboxylic acids is 1. The second-order valence-corrected chi connectivity index (χ2v) is 4.64. The highest BCUT2D eigenvalue weighted by Crippen LogP contribution is 2.32. The average molecular weight is 237 g/mol. The fraction of sp³-hybridized carbons (Fsp3) is 0.250. The van der Waals surface area contributed by atoms with Gasteiger partial charge < -0.3 is 0 Å². The van der Waals surface area contributed by atoms with Crippen LogP contribution >= 0.6 is 0 Å². The molecule has 2 nitrogen and oxygen atoms in total. The van der Waals surface area contributed by atoms with Gasteiger partial charge in [0, 0.05) is 23.4 Å². The standard InChI is InChI=1S/C16H15NO/c1-3-10-7-11(4-2)15-12(8-10)9-13-14(18)5-6-17-16(13)15/h5-9H,3-4H2,1-2H3. The average Bonchev–Trinajstić information content (AvgIpc) is 2.77. The van der Waals surface area contributed by atoms with Crippen LogP contribution < -0.4 is 0 Å². The van der Waals surface area contributed by atoms with Crippen molar-refractivity contribution in [3.63, 3.8) is 0 Å². The van der Waals surface area contributed by atoms with Gasteiger partial charge >= 0.3 is 0 Å². The summed E-state index contributed by atoms with van der Waals surface area (Å²) in [5.41, 5.74) is 6.52. The van der Waals surface area contributed by atoms with Crippen LogP contribution in [0.1, 0.15) is 36.1 Å². The van der Waals surface area contributed by atoms with Crippen molar-refractivity contribution in [1.29, 1.82) is 0 Å². The first-order chi connectivity index (χ1) is 8.74. The number of fused-ring (bicyclic) bond motifs is 3. The minimum absolute atomic E-state index is 0.0660. The number of hydrogen-bond donors (Lipinski definition) is 0. The van der Waals surface area contributed by atoms with Crippen LogP contribution in [-0.4, -0.2) is 11.5 Å². The lowest BCUT2D eigenvalue weighted by Crippen LogP contribution is -2.13. The molecule has 0 amide bonds. The van der Waals surface area contributed by atoms with Gasteiger partial charge in [0.25, 0.3) is 0 Å². The number of rotatable bonds is 2. The molecule has 1 aromatic carbocycles. The van der Waals surface area contributed by atoms with E-state index in [9.17, 15) is 4.79 Å². The second kappa shape index (κ2) is 4.05. The Morgan fingerprint density at radius 2 is 2.00 bits per heavy atom. The summed E-state index contributed by atoms with van der Waals surface area (Å²) in [7, 11) is 0. The fourth-order valence-electron chi connectivity index (χ4n) is 2.63. The molecule has 1 aromatic rings. The van der Waals surface area contributed by atoms with E-state index in [1.807, 2.05) is 6.08 Å². The van der Waals surface area contributed by atoms with E-state index in [0.717, 1.165) is 35.3 Å². The molecule has 0 N–H and O–H groups in total. The molecule has 1 aliphatic carbocycles. The van der Waals surface area contributed by atoms with E-state index >= 15 is 0 Å². The van der Waals surface area contributed by atoms with Crippen molar-refractivity contribution >= 4 is 17.6 Å². The van der Waals surface area contributed by atoms with E-state index < -0.39 is 0 Å². The number of carbonyl (C=O) groups is 1. The Labute approximate surface area is 107 Å². The zero-order valence-corrected chi connectivity index (χ0v) is 10.7. The van der Waals surface area contributed by atoms with Gasteiger partial charge in [-0.3, -0.25) is 9.79 Å². The molecule has 0 saturated carbocycles. The van der Waals surface area contributed by atoms with Crippen LogP contribution in [-0.2, 0) is 17.6 Å². The zero-order valence-electron chi connectivity index (χ0n) is 10.7. The monoisotopic (exact) mass is 237 g/mol. The van der Waals surface area contributed by atoms with E-state index in [2.05, 4.69) is 31.0 Å².